The molecule has 1 heterocycles. The standard InChI is InChI=1S/C16H19NO3S/c18-14(9-3-1-2-4-10-15(19)17-20)16-13-8-6-5-7-12(13)11-21-16/h5-8,11,20H,1-4,9-10H2,(H,17,19). The lowest BCUT2D eigenvalue weighted by Gasteiger charge is -2.01. The number of amides is 1. The van der Waals surface area contributed by atoms with E-state index in [-0.39, 0.29) is 11.7 Å². The van der Waals surface area contributed by atoms with Gasteiger partial charge >= 0.3 is 0 Å². The summed E-state index contributed by atoms with van der Waals surface area (Å²) in [5.74, 6) is -0.148. The lowest BCUT2D eigenvalue weighted by molar-refractivity contribution is -0.129. The summed E-state index contributed by atoms with van der Waals surface area (Å²) in [4.78, 5) is 23.9. The molecule has 21 heavy (non-hydrogen) atoms. The van der Waals surface area contributed by atoms with E-state index in [1.807, 2.05) is 29.6 Å². The van der Waals surface area contributed by atoms with Crippen molar-refractivity contribution in [1.29, 1.82) is 0 Å². The topological polar surface area (TPSA) is 66.4 Å². The van der Waals surface area contributed by atoms with Crippen LogP contribution in [-0.2, 0) is 4.79 Å². The van der Waals surface area contributed by atoms with Crippen molar-refractivity contribution in [2.75, 3.05) is 0 Å². The van der Waals surface area contributed by atoms with Gasteiger partial charge in [-0.2, -0.15) is 0 Å². The SMILES string of the molecule is O=C(CCCCCCC(=O)c1scc2ccccc12)NO. The van der Waals surface area contributed by atoms with Crippen LogP contribution in [0.2, 0.25) is 0 Å². The smallest absolute Gasteiger partial charge is 0.243 e. The second kappa shape index (κ2) is 7.90. The van der Waals surface area contributed by atoms with Crippen LogP contribution in [0, 0.1) is 0 Å². The maximum Gasteiger partial charge on any atom is 0.243 e. The fourth-order valence-corrected chi connectivity index (χ4v) is 3.30. The van der Waals surface area contributed by atoms with Crippen molar-refractivity contribution in [3.05, 3.63) is 34.5 Å². The highest BCUT2D eigenvalue weighted by molar-refractivity contribution is 7.13. The average molecular weight is 305 g/mol. The number of unbranched alkanes of at least 4 members (excludes halogenated alkanes) is 3. The maximum absolute atomic E-state index is 12.2. The molecular formula is C16H19NO3S. The number of fused-ring (bicyclic) bond motifs is 1. The molecule has 2 rings (SSSR count). The van der Waals surface area contributed by atoms with Gasteiger partial charge in [0.15, 0.2) is 5.78 Å². The third-order valence-corrected chi connectivity index (χ3v) is 4.50. The number of rotatable bonds is 8. The van der Waals surface area contributed by atoms with Crippen molar-refractivity contribution in [3.8, 4) is 0 Å². The van der Waals surface area contributed by atoms with E-state index in [2.05, 4.69) is 0 Å². The molecular weight excluding hydrogens is 286 g/mol. The van der Waals surface area contributed by atoms with E-state index in [0.29, 0.717) is 12.8 Å². The number of carbonyl (C=O) groups is 2. The summed E-state index contributed by atoms with van der Waals surface area (Å²) in [6.07, 6.45) is 4.28. The Morgan fingerprint density at radius 3 is 2.52 bits per heavy atom. The maximum atomic E-state index is 12.2. The first kappa shape index (κ1) is 15.7. The Labute approximate surface area is 127 Å². The van der Waals surface area contributed by atoms with Crippen molar-refractivity contribution < 1.29 is 14.8 Å². The monoisotopic (exact) mass is 305 g/mol. The summed E-state index contributed by atoms with van der Waals surface area (Å²) in [7, 11) is 0. The molecule has 0 aliphatic carbocycles. The molecule has 0 fully saturated rings. The lowest BCUT2D eigenvalue weighted by atomic mass is 10.1. The number of hydroxylamine groups is 1. The summed E-state index contributed by atoms with van der Waals surface area (Å²) in [5, 5.41) is 12.6. The zero-order valence-corrected chi connectivity index (χ0v) is 12.6. The van der Waals surface area contributed by atoms with Crippen LogP contribution in [0.15, 0.2) is 29.6 Å². The van der Waals surface area contributed by atoms with Gasteiger partial charge in [-0.25, -0.2) is 5.48 Å². The van der Waals surface area contributed by atoms with Gasteiger partial charge < -0.3 is 0 Å². The van der Waals surface area contributed by atoms with Gasteiger partial charge in [0.25, 0.3) is 0 Å². The van der Waals surface area contributed by atoms with Crippen molar-refractivity contribution in [2.24, 2.45) is 0 Å². The number of ketones is 1. The van der Waals surface area contributed by atoms with E-state index in [9.17, 15) is 9.59 Å². The van der Waals surface area contributed by atoms with Gasteiger partial charge in [0.1, 0.15) is 0 Å². The van der Waals surface area contributed by atoms with Gasteiger partial charge in [0, 0.05) is 18.2 Å². The van der Waals surface area contributed by atoms with Gasteiger partial charge in [0.2, 0.25) is 5.91 Å². The minimum absolute atomic E-state index is 0.203. The molecule has 0 spiro atoms. The fourth-order valence-electron chi connectivity index (χ4n) is 2.30. The molecule has 0 saturated heterocycles. The number of thiophene rings is 1. The molecule has 1 aromatic carbocycles. The fraction of sp³-hybridized carbons (Fsp3) is 0.375. The second-order valence-corrected chi connectivity index (χ2v) is 5.90. The minimum Gasteiger partial charge on any atom is -0.293 e. The molecule has 0 saturated carbocycles. The molecule has 4 nitrogen and oxygen atoms in total. The van der Waals surface area contributed by atoms with Crippen LogP contribution in [0.4, 0.5) is 0 Å². The van der Waals surface area contributed by atoms with Crippen LogP contribution >= 0.6 is 11.3 Å². The van der Waals surface area contributed by atoms with Gasteiger partial charge in [-0.1, -0.05) is 37.1 Å². The van der Waals surface area contributed by atoms with E-state index >= 15 is 0 Å². The highest BCUT2D eigenvalue weighted by atomic mass is 32.1. The number of hydrogen-bond acceptors (Lipinski definition) is 4. The Morgan fingerprint density at radius 2 is 1.76 bits per heavy atom. The highest BCUT2D eigenvalue weighted by Gasteiger charge is 2.11. The van der Waals surface area contributed by atoms with E-state index in [0.717, 1.165) is 41.3 Å². The molecule has 112 valence electrons. The van der Waals surface area contributed by atoms with Gasteiger partial charge in [-0.3, -0.25) is 14.8 Å². The minimum atomic E-state index is -0.351. The third kappa shape index (κ3) is 4.37. The number of hydrogen-bond donors (Lipinski definition) is 2. The summed E-state index contributed by atoms with van der Waals surface area (Å²) >= 11 is 1.52. The van der Waals surface area contributed by atoms with Crippen LogP contribution < -0.4 is 5.48 Å². The Kier molecular flexibility index (Phi) is 5.90. The number of Topliss-reactive ketones (excluding diaryl/α,β-unsaturated/α-hetero) is 1. The molecule has 1 amide bonds. The Balaban J connectivity index is 1.74. The zero-order valence-electron chi connectivity index (χ0n) is 11.8. The first-order valence-corrected chi connectivity index (χ1v) is 8.02. The predicted octanol–water partition coefficient (Wildman–Crippen LogP) is 3.93. The van der Waals surface area contributed by atoms with E-state index in [1.165, 1.54) is 11.3 Å². The summed E-state index contributed by atoms with van der Waals surface area (Å²) in [6.45, 7) is 0. The second-order valence-electron chi connectivity index (χ2n) is 5.02. The molecule has 0 bridgehead atoms. The van der Waals surface area contributed by atoms with Crippen molar-refractivity contribution >= 4 is 33.8 Å². The third-order valence-electron chi connectivity index (χ3n) is 3.44. The molecule has 2 N–H and O–H groups in total. The normalized spacial score (nSPS) is 10.7. The van der Waals surface area contributed by atoms with Gasteiger partial charge in [0.05, 0.1) is 4.88 Å². The van der Waals surface area contributed by atoms with E-state index in [4.69, 9.17) is 5.21 Å². The van der Waals surface area contributed by atoms with Gasteiger partial charge in [-0.05, 0) is 23.6 Å². The van der Waals surface area contributed by atoms with Gasteiger partial charge in [-0.15, -0.1) is 11.3 Å². The molecule has 5 heteroatoms. The molecule has 0 atom stereocenters. The molecule has 0 aliphatic heterocycles. The molecule has 0 unspecified atom stereocenters. The quantitative estimate of drug-likeness (QED) is 0.336. The highest BCUT2D eigenvalue weighted by Crippen LogP contribution is 2.27. The average Bonchev–Trinajstić information content (AvgIpc) is 2.94. The number of benzene rings is 1. The van der Waals surface area contributed by atoms with Crippen LogP contribution in [0.3, 0.4) is 0 Å². The van der Waals surface area contributed by atoms with Crippen molar-refractivity contribution in [1.82, 2.24) is 5.48 Å². The Hall–Kier alpha value is -1.72. The van der Waals surface area contributed by atoms with Crippen LogP contribution in [0.25, 0.3) is 10.8 Å². The largest absolute Gasteiger partial charge is 0.293 e. The number of carbonyl (C=O) groups excluding carboxylic acids is 2. The first-order valence-electron chi connectivity index (χ1n) is 7.14. The number of nitrogens with one attached hydrogen (secondary N) is 1. The summed E-state index contributed by atoms with van der Waals surface area (Å²) in [5.41, 5.74) is 1.62. The summed E-state index contributed by atoms with van der Waals surface area (Å²) < 4.78 is 0. The van der Waals surface area contributed by atoms with E-state index < -0.39 is 0 Å². The van der Waals surface area contributed by atoms with Crippen LogP contribution in [0.5, 0.6) is 0 Å². The van der Waals surface area contributed by atoms with Crippen molar-refractivity contribution in [3.63, 3.8) is 0 Å². The van der Waals surface area contributed by atoms with Crippen molar-refractivity contribution in [2.45, 2.75) is 38.5 Å². The Morgan fingerprint density at radius 1 is 1.05 bits per heavy atom. The Bertz CT molecular complexity index is 621. The van der Waals surface area contributed by atoms with E-state index in [1.54, 1.807) is 5.48 Å². The van der Waals surface area contributed by atoms with Crippen LogP contribution in [0.1, 0.15) is 48.2 Å². The summed E-state index contributed by atoms with van der Waals surface area (Å²) in [6, 6.07) is 7.95. The lowest BCUT2D eigenvalue weighted by Crippen LogP contribution is -2.17. The molecule has 1 aromatic heterocycles. The first-order chi connectivity index (χ1) is 10.2. The van der Waals surface area contributed by atoms with Crippen LogP contribution in [-0.4, -0.2) is 16.9 Å². The molecule has 0 radical (unpaired) electrons. The zero-order chi connectivity index (χ0) is 15.1. The predicted molar refractivity (Wildman–Crippen MR) is 83.8 cm³/mol. The molecule has 2 aromatic rings. The molecule has 0 aliphatic rings.